The Labute approximate surface area is 127 Å². The molecule has 0 heteroatoms. The van der Waals surface area contributed by atoms with Crippen molar-refractivity contribution in [3.05, 3.63) is 24.3 Å². The molecule has 0 bridgehead atoms. The van der Waals surface area contributed by atoms with Crippen LogP contribution in [0.15, 0.2) is 24.3 Å². The van der Waals surface area contributed by atoms with Gasteiger partial charge in [0, 0.05) is 0 Å². The van der Waals surface area contributed by atoms with E-state index >= 15 is 0 Å². The highest BCUT2D eigenvalue weighted by atomic mass is 14.3. The molecule has 1 rings (SSSR count). The van der Waals surface area contributed by atoms with E-state index in [0.29, 0.717) is 0 Å². The summed E-state index contributed by atoms with van der Waals surface area (Å²) in [4.78, 5) is 0. The second kappa shape index (κ2) is 9.42. The molecular formula is C20H36. The highest BCUT2D eigenvalue weighted by Crippen LogP contribution is 2.37. The summed E-state index contributed by atoms with van der Waals surface area (Å²) in [6, 6.07) is 0. The molecule has 1 aliphatic carbocycles. The molecule has 0 radical (unpaired) electrons. The number of allylic oxidation sites excluding steroid dienone is 2. The van der Waals surface area contributed by atoms with E-state index in [1.165, 1.54) is 75.4 Å². The minimum atomic E-state index is 0.819. The van der Waals surface area contributed by atoms with Crippen LogP contribution in [0.1, 0.15) is 85.0 Å². The molecule has 0 amide bonds. The Balaban J connectivity index is 2.31. The van der Waals surface area contributed by atoms with Crippen molar-refractivity contribution in [2.75, 3.05) is 0 Å². The van der Waals surface area contributed by atoms with Gasteiger partial charge in [0.15, 0.2) is 0 Å². The van der Waals surface area contributed by atoms with E-state index in [4.69, 9.17) is 0 Å². The lowest BCUT2D eigenvalue weighted by atomic mass is 9.75. The van der Waals surface area contributed by atoms with Crippen molar-refractivity contribution in [3.8, 4) is 0 Å². The van der Waals surface area contributed by atoms with E-state index in [9.17, 15) is 0 Å². The molecule has 0 spiro atoms. The predicted octanol–water partition coefficient (Wildman–Crippen LogP) is 6.92. The summed E-state index contributed by atoms with van der Waals surface area (Å²) in [6.07, 6.45) is 13.9. The first-order valence-electron chi connectivity index (χ1n) is 8.82. The van der Waals surface area contributed by atoms with E-state index in [-0.39, 0.29) is 0 Å². The van der Waals surface area contributed by atoms with Crippen LogP contribution in [0.2, 0.25) is 0 Å². The summed E-state index contributed by atoms with van der Waals surface area (Å²) in [5.74, 6) is 2.77. The van der Waals surface area contributed by atoms with Gasteiger partial charge in [-0.2, -0.15) is 0 Å². The van der Waals surface area contributed by atoms with Crippen LogP contribution in [0.3, 0.4) is 0 Å². The summed E-state index contributed by atoms with van der Waals surface area (Å²) in [6.45, 7) is 14.9. The minimum absolute atomic E-state index is 0.819. The average molecular weight is 277 g/mol. The summed E-state index contributed by atoms with van der Waals surface area (Å²) in [5, 5.41) is 0. The molecule has 0 heterocycles. The van der Waals surface area contributed by atoms with E-state index in [1.807, 2.05) is 0 Å². The fourth-order valence-electron chi connectivity index (χ4n) is 3.84. The SMILES string of the molecule is C=C(C)CCCC(CCC)CC1CCC(C(=C)C)CC1. The zero-order chi connectivity index (χ0) is 15.0. The first kappa shape index (κ1) is 17.5. The maximum Gasteiger partial charge on any atom is -0.0208 e. The molecule has 0 aromatic heterocycles. The Morgan fingerprint density at radius 2 is 1.70 bits per heavy atom. The van der Waals surface area contributed by atoms with Crippen LogP contribution in [0.5, 0.6) is 0 Å². The van der Waals surface area contributed by atoms with Crippen molar-refractivity contribution in [2.45, 2.75) is 85.0 Å². The third-order valence-corrected chi connectivity index (χ3v) is 5.12. The van der Waals surface area contributed by atoms with Crippen LogP contribution >= 0.6 is 0 Å². The number of hydrogen-bond acceptors (Lipinski definition) is 0. The maximum atomic E-state index is 4.14. The van der Waals surface area contributed by atoms with Crippen LogP contribution in [0, 0.1) is 17.8 Å². The Hall–Kier alpha value is -0.520. The molecule has 20 heavy (non-hydrogen) atoms. The molecule has 1 unspecified atom stereocenters. The van der Waals surface area contributed by atoms with E-state index in [0.717, 1.165) is 17.8 Å². The molecule has 1 fully saturated rings. The Morgan fingerprint density at radius 1 is 1.05 bits per heavy atom. The van der Waals surface area contributed by atoms with Crippen LogP contribution in [-0.4, -0.2) is 0 Å². The van der Waals surface area contributed by atoms with Gasteiger partial charge in [-0.05, 0) is 76.5 Å². The molecule has 1 atom stereocenters. The lowest BCUT2D eigenvalue weighted by Crippen LogP contribution is -2.18. The van der Waals surface area contributed by atoms with Gasteiger partial charge < -0.3 is 0 Å². The van der Waals surface area contributed by atoms with Gasteiger partial charge in [0.25, 0.3) is 0 Å². The second-order valence-corrected chi connectivity index (χ2v) is 7.30. The molecule has 0 aromatic carbocycles. The van der Waals surface area contributed by atoms with Crippen LogP contribution in [0.4, 0.5) is 0 Å². The molecule has 0 aliphatic heterocycles. The van der Waals surface area contributed by atoms with Crippen molar-refractivity contribution in [1.82, 2.24) is 0 Å². The van der Waals surface area contributed by atoms with Gasteiger partial charge in [-0.1, -0.05) is 43.9 Å². The highest BCUT2D eigenvalue weighted by molar-refractivity contribution is 4.98. The summed E-state index contributed by atoms with van der Waals surface area (Å²) in [7, 11) is 0. The Kier molecular flexibility index (Phi) is 8.26. The predicted molar refractivity (Wildman–Crippen MR) is 91.9 cm³/mol. The lowest BCUT2D eigenvalue weighted by molar-refractivity contribution is 0.239. The molecule has 0 saturated heterocycles. The van der Waals surface area contributed by atoms with Gasteiger partial charge in [0.1, 0.15) is 0 Å². The van der Waals surface area contributed by atoms with Crippen molar-refractivity contribution in [3.63, 3.8) is 0 Å². The van der Waals surface area contributed by atoms with Gasteiger partial charge in [-0.25, -0.2) is 0 Å². The third-order valence-electron chi connectivity index (χ3n) is 5.12. The summed E-state index contributed by atoms with van der Waals surface area (Å²) >= 11 is 0. The van der Waals surface area contributed by atoms with Gasteiger partial charge in [0.2, 0.25) is 0 Å². The highest BCUT2D eigenvalue weighted by Gasteiger charge is 2.23. The third kappa shape index (κ3) is 6.77. The largest absolute Gasteiger partial charge is 0.100 e. The van der Waals surface area contributed by atoms with E-state index in [1.54, 1.807) is 0 Å². The zero-order valence-electron chi connectivity index (χ0n) is 14.2. The second-order valence-electron chi connectivity index (χ2n) is 7.30. The van der Waals surface area contributed by atoms with Crippen LogP contribution < -0.4 is 0 Å². The Morgan fingerprint density at radius 3 is 2.20 bits per heavy atom. The van der Waals surface area contributed by atoms with Gasteiger partial charge >= 0.3 is 0 Å². The van der Waals surface area contributed by atoms with Crippen LogP contribution in [0.25, 0.3) is 0 Å². The standard InChI is InChI=1S/C20H36/c1-6-8-18(10-7-9-16(2)3)15-19-11-13-20(14-12-19)17(4)5/h18-20H,2,4,6-15H2,1,3,5H3. The Bertz CT molecular complexity index is 291. The topological polar surface area (TPSA) is 0 Å². The van der Waals surface area contributed by atoms with Crippen molar-refractivity contribution in [1.29, 1.82) is 0 Å². The number of rotatable bonds is 9. The average Bonchev–Trinajstić information content (AvgIpc) is 2.39. The molecule has 116 valence electrons. The lowest BCUT2D eigenvalue weighted by Gasteiger charge is -2.31. The summed E-state index contributed by atoms with van der Waals surface area (Å²) < 4.78 is 0. The zero-order valence-corrected chi connectivity index (χ0v) is 14.2. The molecule has 0 N–H and O–H groups in total. The maximum absolute atomic E-state index is 4.14. The van der Waals surface area contributed by atoms with Crippen molar-refractivity contribution < 1.29 is 0 Å². The van der Waals surface area contributed by atoms with Gasteiger partial charge in [-0.3, -0.25) is 0 Å². The normalized spacial score (nSPS) is 24.4. The molecule has 1 aliphatic rings. The molecule has 0 nitrogen and oxygen atoms in total. The fraction of sp³-hybridized carbons (Fsp3) is 0.800. The molecule has 1 saturated carbocycles. The molecular weight excluding hydrogens is 240 g/mol. The van der Waals surface area contributed by atoms with Gasteiger partial charge in [0.05, 0.1) is 0 Å². The van der Waals surface area contributed by atoms with Crippen LogP contribution in [-0.2, 0) is 0 Å². The quantitative estimate of drug-likeness (QED) is 0.401. The fourth-order valence-corrected chi connectivity index (χ4v) is 3.84. The van der Waals surface area contributed by atoms with Gasteiger partial charge in [-0.15, -0.1) is 6.58 Å². The smallest absolute Gasteiger partial charge is 0.0208 e. The monoisotopic (exact) mass is 276 g/mol. The summed E-state index contributed by atoms with van der Waals surface area (Å²) in [5.41, 5.74) is 2.76. The molecule has 0 aromatic rings. The van der Waals surface area contributed by atoms with Crippen molar-refractivity contribution >= 4 is 0 Å². The van der Waals surface area contributed by atoms with E-state index < -0.39 is 0 Å². The number of hydrogen-bond donors (Lipinski definition) is 0. The van der Waals surface area contributed by atoms with E-state index in [2.05, 4.69) is 33.9 Å². The minimum Gasteiger partial charge on any atom is -0.100 e. The first-order valence-corrected chi connectivity index (χ1v) is 8.82. The van der Waals surface area contributed by atoms with Crippen molar-refractivity contribution in [2.24, 2.45) is 17.8 Å². The first-order chi connectivity index (χ1) is 9.52.